The van der Waals surface area contributed by atoms with Crippen LogP contribution in [0.25, 0.3) is 0 Å². The number of nitrogens with zero attached hydrogens (tertiary/aromatic N) is 1. The van der Waals surface area contributed by atoms with E-state index in [1.54, 1.807) is 17.0 Å². The van der Waals surface area contributed by atoms with Gasteiger partial charge in [0, 0.05) is 23.3 Å². The molecule has 4 nitrogen and oxygen atoms in total. The molecule has 1 aliphatic carbocycles. The smallest absolute Gasteiger partial charge is 0.239 e. The van der Waals surface area contributed by atoms with Crippen LogP contribution in [0, 0.1) is 5.92 Å². The van der Waals surface area contributed by atoms with E-state index in [0.29, 0.717) is 18.0 Å². The van der Waals surface area contributed by atoms with E-state index in [0.717, 1.165) is 18.5 Å². The van der Waals surface area contributed by atoms with Gasteiger partial charge in [-0.05, 0) is 43.5 Å². The second-order valence-corrected chi connectivity index (χ2v) is 6.94. The third-order valence-electron chi connectivity index (χ3n) is 4.86. The number of amides is 2. The summed E-state index contributed by atoms with van der Waals surface area (Å²) >= 11 is 5.89. The van der Waals surface area contributed by atoms with E-state index in [9.17, 15) is 9.59 Å². The summed E-state index contributed by atoms with van der Waals surface area (Å²) in [5.74, 6) is -0.745. The van der Waals surface area contributed by atoms with Crippen LogP contribution in [-0.4, -0.2) is 24.4 Å². The van der Waals surface area contributed by atoms with E-state index in [4.69, 9.17) is 11.6 Å². The third-order valence-corrected chi connectivity index (χ3v) is 5.11. The Kier molecular flexibility index (Phi) is 5.21. The van der Waals surface area contributed by atoms with Gasteiger partial charge in [-0.3, -0.25) is 9.59 Å². The molecule has 0 unspecified atom stereocenters. The maximum Gasteiger partial charge on any atom is 0.239 e. The molecular formula is C18H23ClN2O2. The molecule has 1 aliphatic heterocycles. The zero-order valence-corrected chi connectivity index (χ0v) is 14.0. The van der Waals surface area contributed by atoms with Crippen LogP contribution in [0.1, 0.15) is 44.9 Å². The van der Waals surface area contributed by atoms with E-state index in [2.05, 4.69) is 5.32 Å². The summed E-state index contributed by atoms with van der Waals surface area (Å²) in [5, 5.41) is 3.75. The zero-order chi connectivity index (χ0) is 16.2. The Morgan fingerprint density at radius 2 is 1.70 bits per heavy atom. The topological polar surface area (TPSA) is 49.4 Å². The Balaban J connectivity index is 1.61. The summed E-state index contributed by atoms with van der Waals surface area (Å²) in [4.78, 5) is 26.7. The summed E-state index contributed by atoms with van der Waals surface area (Å²) in [6.45, 7) is 0.587. The lowest BCUT2D eigenvalue weighted by atomic mass is 10.0. The molecule has 3 rings (SSSR count). The molecule has 124 valence electrons. The van der Waals surface area contributed by atoms with Crippen LogP contribution in [0.4, 0.5) is 5.69 Å². The van der Waals surface area contributed by atoms with Crippen molar-refractivity contribution in [1.29, 1.82) is 0 Å². The number of anilines is 1. The maximum atomic E-state index is 12.6. The largest absolute Gasteiger partial charge is 0.353 e. The van der Waals surface area contributed by atoms with Gasteiger partial charge < -0.3 is 10.2 Å². The number of carbonyl (C=O) groups is 2. The quantitative estimate of drug-likeness (QED) is 0.679. The molecule has 1 N–H and O–H groups in total. The number of halogens is 1. The molecular weight excluding hydrogens is 312 g/mol. The van der Waals surface area contributed by atoms with Crippen LogP contribution >= 0.6 is 11.6 Å². The summed E-state index contributed by atoms with van der Waals surface area (Å²) < 4.78 is 0. The highest BCUT2D eigenvalue weighted by Gasteiger charge is 2.38. The van der Waals surface area contributed by atoms with Crippen LogP contribution in [-0.2, 0) is 9.59 Å². The highest BCUT2D eigenvalue weighted by atomic mass is 35.5. The Hall–Kier alpha value is -1.55. The van der Waals surface area contributed by atoms with Crippen LogP contribution < -0.4 is 10.2 Å². The number of nitrogens with one attached hydrogen (secondary N) is 1. The van der Waals surface area contributed by atoms with E-state index in [-0.39, 0.29) is 17.9 Å². The summed E-state index contributed by atoms with van der Waals surface area (Å²) in [7, 11) is 0. The van der Waals surface area contributed by atoms with Crippen molar-refractivity contribution >= 4 is 29.1 Å². The fourth-order valence-electron chi connectivity index (χ4n) is 3.53. The van der Waals surface area contributed by atoms with Crippen LogP contribution in [0.2, 0.25) is 5.02 Å². The Morgan fingerprint density at radius 3 is 2.35 bits per heavy atom. The van der Waals surface area contributed by atoms with Gasteiger partial charge in [-0.1, -0.05) is 37.3 Å². The average Bonchev–Trinajstić information content (AvgIpc) is 2.75. The van der Waals surface area contributed by atoms with E-state index in [1.165, 1.54) is 25.7 Å². The fourth-order valence-corrected chi connectivity index (χ4v) is 3.65. The molecule has 1 heterocycles. The lowest BCUT2D eigenvalue weighted by molar-refractivity contribution is -0.132. The molecule has 0 spiro atoms. The first-order valence-electron chi connectivity index (χ1n) is 8.52. The van der Waals surface area contributed by atoms with Gasteiger partial charge in [0.05, 0.1) is 0 Å². The second-order valence-electron chi connectivity index (χ2n) is 6.50. The lowest BCUT2D eigenvalue weighted by Gasteiger charge is -2.19. The molecule has 0 radical (unpaired) electrons. The fraction of sp³-hybridized carbons (Fsp3) is 0.556. The van der Waals surface area contributed by atoms with Crippen molar-refractivity contribution < 1.29 is 9.59 Å². The molecule has 2 amide bonds. The molecule has 5 heteroatoms. The number of hydrogen-bond donors (Lipinski definition) is 1. The van der Waals surface area contributed by atoms with Gasteiger partial charge in [0.2, 0.25) is 11.8 Å². The Morgan fingerprint density at radius 1 is 1.04 bits per heavy atom. The summed E-state index contributed by atoms with van der Waals surface area (Å²) in [6.07, 6.45) is 7.49. The molecule has 1 atom stereocenters. The highest BCUT2D eigenvalue weighted by Crippen LogP contribution is 2.27. The standard InChI is InChI=1S/C18H23ClN2O2/c19-13-7-9-15(10-8-13)21-12-11-16(18(21)23)17(22)20-14-5-3-1-2-4-6-14/h7-10,14,16H,1-6,11-12H2,(H,20,22)/t16-/m0/s1. The number of carbonyl (C=O) groups excluding carboxylic acids is 2. The van der Waals surface area contributed by atoms with E-state index >= 15 is 0 Å². The average molecular weight is 335 g/mol. The minimum Gasteiger partial charge on any atom is -0.353 e. The van der Waals surface area contributed by atoms with Crippen molar-refractivity contribution in [2.75, 3.05) is 11.4 Å². The monoisotopic (exact) mass is 334 g/mol. The van der Waals surface area contributed by atoms with Gasteiger partial charge in [0.25, 0.3) is 0 Å². The molecule has 1 aromatic rings. The number of rotatable bonds is 3. The Labute approximate surface area is 142 Å². The molecule has 1 saturated heterocycles. The van der Waals surface area contributed by atoms with Crippen molar-refractivity contribution in [1.82, 2.24) is 5.32 Å². The Bertz CT molecular complexity index is 565. The molecule has 2 aliphatic rings. The minimum absolute atomic E-state index is 0.0987. The summed E-state index contributed by atoms with van der Waals surface area (Å²) in [5.41, 5.74) is 0.809. The molecule has 1 saturated carbocycles. The zero-order valence-electron chi connectivity index (χ0n) is 13.3. The van der Waals surface area contributed by atoms with E-state index in [1.807, 2.05) is 12.1 Å². The molecule has 23 heavy (non-hydrogen) atoms. The summed E-state index contributed by atoms with van der Waals surface area (Å²) in [6, 6.07) is 7.42. The lowest BCUT2D eigenvalue weighted by Crippen LogP contribution is -2.41. The predicted molar refractivity (Wildman–Crippen MR) is 91.5 cm³/mol. The number of benzene rings is 1. The molecule has 2 fully saturated rings. The van der Waals surface area contributed by atoms with Gasteiger partial charge in [-0.25, -0.2) is 0 Å². The van der Waals surface area contributed by atoms with Gasteiger partial charge in [-0.15, -0.1) is 0 Å². The minimum atomic E-state index is -0.547. The molecule has 0 bridgehead atoms. The molecule has 0 aromatic heterocycles. The van der Waals surface area contributed by atoms with Crippen LogP contribution in [0.15, 0.2) is 24.3 Å². The number of hydrogen-bond acceptors (Lipinski definition) is 2. The van der Waals surface area contributed by atoms with Crippen LogP contribution in [0.5, 0.6) is 0 Å². The van der Waals surface area contributed by atoms with Gasteiger partial charge in [-0.2, -0.15) is 0 Å². The SMILES string of the molecule is O=C(NC1CCCCCC1)[C@@H]1CCN(c2ccc(Cl)cc2)C1=O. The van der Waals surface area contributed by atoms with Gasteiger partial charge >= 0.3 is 0 Å². The van der Waals surface area contributed by atoms with Crippen molar-refractivity contribution in [3.05, 3.63) is 29.3 Å². The first kappa shape index (κ1) is 16.3. The first-order valence-corrected chi connectivity index (χ1v) is 8.90. The van der Waals surface area contributed by atoms with Gasteiger partial charge in [0.1, 0.15) is 5.92 Å². The van der Waals surface area contributed by atoms with Crippen LogP contribution in [0.3, 0.4) is 0 Å². The van der Waals surface area contributed by atoms with E-state index < -0.39 is 5.92 Å². The van der Waals surface area contributed by atoms with Crippen molar-refractivity contribution in [2.45, 2.75) is 51.0 Å². The molecule has 1 aromatic carbocycles. The van der Waals surface area contributed by atoms with Crippen molar-refractivity contribution in [3.63, 3.8) is 0 Å². The maximum absolute atomic E-state index is 12.6. The normalized spacial score (nSPS) is 22.9. The second kappa shape index (κ2) is 7.35. The van der Waals surface area contributed by atoms with Gasteiger partial charge in [0.15, 0.2) is 0 Å². The highest BCUT2D eigenvalue weighted by molar-refractivity contribution is 6.30. The van der Waals surface area contributed by atoms with Crippen molar-refractivity contribution in [2.24, 2.45) is 5.92 Å². The van der Waals surface area contributed by atoms with Crippen molar-refractivity contribution in [3.8, 4) is 0 Å². The first-order chi connectivity index (χ1) is 11.1. The predicted octanol–water partition coefficient (Wildman–Crippen LogP) is 3.53. The third kappa shape index (κ3) is 3.86.